The number of amides is 1. The van der Waals surface area contributed by atoms with E-state index in [9.17, 15) is 45.8 Å². The predicted octanol–water partition coefficient (Wildman–Crippen LogP) is 9.98. The SMILES string of the molecule is CNS(=O)(=O)c1cccc(-c2c(C)n(C/C(F)=C/CN)c3ccc(C(=O)O)cc23)c1.COc1ccc(CN(C)S(=O)(=O)c2cccc(-c3c(C)n(C/C(F)=C/CNC(=O)OC(C)(C)C)c4ccc(C(=O)O)cc34)c2)cc1.Cl. The number of aromatic nitrogens is 2. The number of benzene rings is 5. The maximum Gasteiger partial charge on any atom is 0.407 e. The van der Waals surface area contributed by atoms with Crippen LogP contribution in [0.3, 0.4) is 0 Å². The number of carboxylic acids is 2. The van der Waals surface area contributed by atoms with Crippen LogP contribution in [-0.2, 0) is 44.4 Å². The number of hydrogen-bond donors (Lipinski definition) is 5. The first-order valence-corrected chi connectivity index (χ1v) is 26.5. The summed E-state index contributed by atoms with van der Waals surface area (Å²) in [5.41, 5.74) is 10.4. The van der Waals surface area contributed by atoms with Crippen molar-refractivity contribution in [1.82, 2.24) is 23.5 Å². The number of nitrogens with zero attached hydrogens (tertiary/aromatic N) is 3. The molecular formula is C55H61ClF2N6O11S2. The Morgan fingerprint density at radius 2 is 1.21 bits per heavy atom. The second kappa shape index (κ2) is 25.2. The van der Waals surface area contributed by atoms with E-state index in [-0.39, 0.29) is 66.0 Å². The van der Waals surface area contributed by atoms with E-state index < -0.39 is 55.3 Å². The summed E-state index contributed by atoms with van der Waals surface area (Å²) >= 11 is 0. The molecule has 0 radical (unpaired) electrons. The lowest BCUT2D eigenvalue weighted by Gasteiger charge is -2.19. The largest absolute Gasteiger partial charge is 0.497 e. The number of rotatable bonds is 18. The Morgan fingerprint density at radius 1 is 0.727 bits per heavy atom. The van der Waals surface area contributed by atoms with Gasteiger partial charge >= 0.3 is 18.0 Å². The first-order chi connectivity index (χ1) is 35.8. The van der Waals surface area contributed by atoms with Crippen LogP contribution in [-0.4, -0.2) is 98.4 Å². The van der Waals surface area contributed by atoms with Gasteiger partial charge in [0.25, 0.3) is 0 Å². The van der Waals surface area contributed by atoms with Gasteiger partial charge in [-0.3, -0.25) is 0 Å². The number of allylic oxidation sites excluding steroid dienone is 2. The fourth-order valence-electron chi connectivity index (χ4n) is 8.49. The normalized spacial score (nSPS) is 12.3. The molecule has 7 aromatic rings. The van der Waals surface area contributed by atoms with E-state index in [0.29, 0.717) is 61.2 Å². The number of aromatic carboxylic acids is 2. The van der Waals surface area contributed by atoms with Gasteiger partial charge in [-0.2, -0.15) is 4.31 Å². The number of carbonyl (C=O) groups is 3. The molecule has 0 bridgehead atoms. The van der Waals surface area contributed by atoms with Gasteiger partial charge in [-0.25, -0.2) is 44.7 Å². The first-order valence-electron chi connectivity index (χ1n) is 23.6. The van der Waals surface area contributed by atoms with Gasteiger partial charge in [0.15, 0.2) is 0 Å². The number of nitrogens with one attached hydrogen (secondary N) is 2. The van der Waals surface area contributed by atoms with Crippen LogP contribution in [0.15, 0.2) is 143 Å². The second-order valence-corrected chi connectivity index (χ2v) is 22.4. The quantitative estimate of drug-likeness (QED) is 0.0539. The van der Waals surface area contributed by atoms with Crippen molar-refractivity contribution in [3.63, 3.8) is 0 Å². The van der Waals surface area contributed by atoms with Crippen LogP contribution in [0.4, 0.5) is 13.6 Å². The fourth-order valence-corrected chi connectivity index (χ4v) is 10.5. The highest BCUT2D eigenvalue weighted by Gasteiger charge is 2.25. The monoisotopic (exact) mass is 1120 g/mol. The van der Waals surface area contributed by atoms with Crippen LogP contribution in [0.25, 0.3) is 44.1 Å². The standard InChI is InChI=1S/C34H38FN3O7S.C21H22FN3O4S.ClH/c1-22-31(24-8-7-9-28(18-24)46(42,43)37(5)20-23-10-13-27(44-6)14-11-23)29-19-25(32(39)40)12-15-30(29)38(22)21-26(35)16-17-36-33(41)45-34(2,3)4;1-13-20(14-4-3-5-17(10-14)30(28,29)24-2)18-11-15(21(26)27)6-7-19(18)25(13)12-16(22)8-9-23;/h7-16,18-19H,17,20-21H2,1-6H3,(H,36,41)(H,39,40);3-8,10-11,24H,9,12,23H2,1-2H3,(H,26,27);1H/b26-16-;16-8-;. The number of sulfonamides is 2. The van der Waals surface area contributed by atoms with Crippen LogP contribution in [0, 0.1) is 13.8 Å². The zero-order chi connectivity index (χ0) is 55.9. The molecule has 0 aliphatic rings. The van der Waals surface area contributed by atoms with Crippen LogP contribution in [0.2, 0.25) is 0 Å². The Bertz CT molecular complexity index is 3630. The van der Waals surface area contributed by atoms with Crippen LogP contribution >= 0.6 is 12.4 Å². The van der Waals surface area contributed by atoms with Gasteiger partial charge in [0.1, 0.15) is 23.0 Å². The number of fused-ring (bicyclic) bond motifs is 2. The summed E-state index contributed by atoms with van der Waals surface area (Å²) < 4.78 is 98.5. The van der Waals surface area contributed by atoms with Gasteiger partial charge in [-0.15, -0.1) is 12.4 Å². The van der Waals surface area contributed by atoms with Gasteiger partial charge in [0, 0.05) is 71.0 Å². The zero-order valence-corrected chi connectivity index (χ0v) is 46.0. The third-order valence-corrected chi connectivity index (χ3v) is 15.4. The molecule has 17 nitrogen and oxygen atoms in total. The summed E-state index contributed by atoms with van der Waals surface area (Å²) in [4.78, 5) is 35.4. The van der Waals surface area contributed by atoms with E-state index in [4.69, 9.17) is 15.2 Å². The molecule has 7 rings (SSSR count). The van der Waals surface area contributed by atoms with Crippen molar-refractivity contribution in [2.24, 2.45) is 5.73 Å². The summed E-state index contributed by atoms with van der Waals surface area (Å²) in [5.74, 6) is -2.52. The summed E-state index contributed by atoms with van der Waals surface area (Å²) in [7, 11) is -3.22. The van der Waals surface area contributed by atoms with Crippen LogP contribution in [0.1, 0.15) is 58.4 Å². The lowest BCUT2D eigenvalue weighted by Crippen LogP contribution is -2.32. The van der Waals surface area contributed by atoms with Crippen molar-refractivity contribution in [2.75, 3.05) is 34.3 Å². The van der Waals surface area contributed by atoms with Crippen molar-refractivity contribution in [3.05, 3.63) is 161 Å². The number of carbonyl (C=O) groups excluding carboxylic acids is 1. The number of alkyl carbamates (subject to hydrolysis) is 1. The second-order valence-electron chi connectivity index (χ2n) is 18.5. The maximum absolute atomic E-state index is 15.2. The summed E-state index contributed by atoms with van der Waals surface area (Å²) in [6.45, 7) is 8.54. The summed E-state index contributed by atoms with van der Waals surface area (Å²) in [6.07, 6.45) is 1.83. The molecule has 0 aliphatic carbocycles. The minimum Gasteiger partial charge on any atom is -0.497 e. The fraction of sp³-hybridized carbons (Fsp3) is 0.255. The van der Waals surface area contributed by atoms with E-state index in [1.54, 1.807) is 112 Å². The molecule has 2 aromatic heterocycles. The molecule has 1 amide bonds. The molecule has 22 heteroatoms. The number of halogens is 3. The highest BCUT2D eigenvalue weighted by molar-refractivity contribution is 7.89. The lowest BCUT2D eigenvalue weighted by atomic mass is 10.0. The van der Waals surface area contributed by atoms with Gasteiger partial charge in [-0.1, -0.05) is 36.4 Å². The van der Waals surface area contributed by atoms with E-state index in [2.05, 4.69) is 10.0 Å². The van der Waals surface area contributed by atoms with E-state index in [1.807, 2.05) is 0 Å². The molecule has 0 fully saturated rings. The van der Waals surface area contributed by atoms with Gasteiger partial charge < -0.3 is 39.9 Å². The van der Waals surface area contributed by atoms with E-state index in [0.717, 1.165) is 5.56 Å². The third kappa shape index (κ3) is 14.4. The van der Waals surface area contributed by atoms with Crippen LogP contribution < -0.4 is 20.5 Å². The molecule has 77 heavy (non-hydrogen) atoms. The molecule has 0 saturated heterocycles. The molecule has 0 aliphatic heterocycles. The number of hydrogen-bond acceptors (Lipinski definition) is 10. The predicted molar refractivity (Wildman–Crippen MR) is 295 cm³/mol. The van der Waals surface area contributed by atoms with Gasteiger partial charge in [0.05, 0.1) is 41.1 Å². The minimum absolute atomic E-state index is 0. The summed E-state index contributed by atoms with van der Waals surface area (Å²) in [5, 5.41) is 22.7. The van der Waals surface area contributed by atoms with Gasteiger partial charge in [-0.05, 0) is 143 Å². The van der Waals surface area contributed by atoms with E-state index in [1.165, 1.54) is 79.1 Å². The lowest BCUT2D eigenvalue weighted by molar-refractivity contribution is 0.0532. The molecule has 0 atom stereocenters. The van der Waals surface area contributed by atoms with Crippen molar-refractivity contribution in [1.29, 1.82) is 0 Å². The van der Waals surface area contributed by atoms with Crippen molar-refractivity contribution in [3.8, 4) is 28.0 Å². The molecular weight excluding hydrogens is 1060 g/mol. The molecule has 410 valence electrons. The number of ether oxygens (including phenoxy) is 2. The van der Waals surface area contributed by atoms with Crippen LogP contribution in [0.5, 0.6) is 5.75 Å². The smallest absolute Gasteiger partial charge is 0.407 e. The highest BCUT2D eigenvalue weighted by atomic mass is 35.5. The summed E-state index contributed by atoms with van der Waals surface area (Å²) in [6, 6.07) is 29.0. The number of methoxy groups -OCH3 is 1. The Labute approximate surface area is 452 Å². The molecule has 0 spiro atoms. The molecule has 0 saturated carbocycles. The first kappa shape index (κ1) is 60.5. The number of carboxylic acid groups (broad SMARTS) is 2. The van der Waals surface area contributed by atoms with E-state index >= 15 is 4.39 Å². The Kier molecular flexibility index (Phi) is 19.8. The Hall–Kier alpha value is -7.40. The average Bonchev–Trinajstić information content (AvgIpc) is 3.83. The van der Waals surface area contributed by atoms with Crippen molar-refractivity contribution >= 4 is 72.3 Å². The zero-order valence-electron chi connectivity index (χ0n) is 43.6. The van der Waals surface area contributed by atoms with Gasteiger partial charge in [0.2, 0.25) is 20.0 Å². The molecule has 2 heterocycles. The number of nitrogens with two attached hydrogens (primary N) is 1. The van der Waals surface area contributed by atoms with Crippen molar-refractivity contribution < 1.29 is 59.7 Å². The average molecular weight is 1120 g/mol. The highest BCUT2D eigenvalue weighted by Crippen LogP contribution is 2.39. The molecule has 6 N–H and O–H groups in total. The molecule has 0 unspecified atom stereocenters. The maximum atomic E-state index is 15.2. The molecule has 5 aromatic carbocycles. The third-order valence-electron chi connectivity index (χ3n) is 12.2. The Morgan fingerprint density at radius 3 is 1.66 bits per heavy atom. The van der Waals surface area contributed by atoms with Crippen molar-refractivity contribution in [2.45, 2.75) is 69.6 Å². The minimum atomic E-state index is -3.92. The Balaban J connectivity index is 0.000000305. The topological polar surface area (TPSA) is 242 Å².